The van der Waals surface area contributed by atoms with E-state index in [4.69, 9.17) is 4.74 Å². The van der Waals surface area contributed by atoms with Gasteiger partial charge in [-0.2, -0.15) is 4.31 Å². The molecule has 0 radical (unpaired) electrons. The number of likely N-dealkylation sites (N-methyl/N-ethyl adjacent to an activating group) is 1. The van der Waals surface area contributed by atoms with Gasteiger partial charge in [0, 0.05) is 49.6 Å². The van der Waals surface area contributed by atoms with Crippen molar-refractivity contribution in [2.45, 2.75) is 37.4 Å². The highest BCUT2D eigenvalue weighted by Gasteiger charge is 2.38. The van der Waals surface area contributed by atoms with E-state index in [9.17, 15) is 13.5 Å². The van der Waals surface area contributed by atoms with Crippen LogP contribution in [-0.4, -0.2) is 71.6 Å². The second-order valence-electron chi connectivity index (χ2n) is 9.21. The van der Waals surface area contributed by atoms with E-state index in [1.807, 2.05) is 44.3 Å². The first-order valence-corrected chi connectivity index (χ1v) is 13.1. The van der Waals surface area contributed by atoms with E-state index in [2.05, 4.69) is 14.9 Å². The summed E-state index contributed by atoms with van der Waals surface area (Å²) >= 11 is 0. The molecule has 0 spiro atoms. The van der Waals surface area contributed by atoms with Crippen LogP contribution in [0.1, 0.15) is 19.4 Å². The first-order chi connectivity index (χ1) is 16.8. The number of nitrogens with zero attached hydrogens (tertiary/aromatic N) is 4. The van der Waals surface area contributed by atoms with Crippen LogP contribution in [-0.2, 0) is 16.6 Å². The predicted octanol–water partition coefficient (Wildman–Crippen LogP) is 3.04. The zero-order valence-corrected chi connectivity index (χ0v) is 21.1. The normalized spacial score (nSPS) is 20.9. The lowest BCUT2D eigenvalue weighted by molar-refractivity contribution is 0.0733. The minimum atomic E-state index is -3.87. The molecule has 0 aliphatic carbocycles. The van der Waals surface area contributed by atoms with E-state index in [0.717, 1.165) is 16.7 Å². The Kier molecular flexibility index (Phi) is 7.81. The van der Waals surface area contributed by atoms with Crippen LogP contribution in [0.15, 0.2) is 72.1 Å². The predicted molar refractivity (Wildman–Crippen MR) is 134 cm³/mol. The maximum Gasteiger partial charge on any atom is 0.247 e. The Bertz CT molecular complexity index is 1220. The number of aliphatic hydroxyl groups excluding tert-OH is 1. The van der Waals surface area contributed by atoms with Crippen molar-refractivity contribution in [2.75, 3.05) is 26.7 Å². The van der Waals surface area contributed by atoms with Gasteiger partial charge in [-0.25, -0.2) is 18.4 Å². The summed E-state index contributed by atoms with van der Waals surface area (Å²) in [5.74, 6) is 0.205. The number of sulfonamides is 1. The average molecular weight is 497 g/mol. The number of hydrogen-bond donors (Lipinski definition) is 1. The summed E-state index contributed by atoms with van der Waals surface area (Å²) in [5, 5.41) is 9.83. The van der Waals surface area contributed by atoms with E-state index in [1.165, 1.54) is 10.6 Å². The van der Waals surface area contributed by atoms with Crippen LogP contribution in [0, 0.1) is 5.92 Å². The van der Waals surface area contributed by atoms with Crippen LogP contribution in [0.5, 0.6) is 5.75 Å². The minimum absolute atomic E-state index is 0.119. The third-order valence-corrected chi connectivity index (χ3v) is 8.35. The van der Waals surface area contributed by atoms with Crippen molar-refractivity contribution in [1.82, 2.24) is 19.2 Å². The van der Waals surface area contributed by atoms with Gasteiger partial charge in [-0.15, -0.1) is 0 Å². The van der Waals surface area contributed by atoms with E-state index in [-0.39, 0.29) is 30.1 Å². The maximum atomic E-state index is 13.7. The molecule has 2 aromatic carbocycles. The topological polar surface area (TPSA) is 95.9 Å². The molecule has 1 aromatic heterocycles. The maximum absolute atomic E-state index is 13.7. The first-order valence-electron chi connectivity index (χ1n) is 11.7. The lowest BCUT2D eigenvalue weighted by Gasteiger charge is -2.37. The van der Waals surface area contributed by atoms with Crippen molar-refractivity contribution in [3.8, 4) is 16.9 Å². The van der Waals surface area contributed by atoms with Crippen LogP contribution in [0.2, 0.25) is 0 Å². The van der Waals surface area contributed by atoms with Crippen molar-refractivity contribution in [1.29, 1.82) is 0 Å². The summed E-state index contributed by atoms with van der Waals surface area (Å²) in [6.45, 7) is 4.91. The van der Waals surface area contributed by atoms with Crippen LogP contribution in [0.25, 0.3) is 11.1 Å². The van der Waals surface area contributed by atoms with E-state index in [1.54, 1.807) is 37.5 Å². The minimum Gasteiger partial charge on any atom is -0.487 e. The molecular formula is C26H32N4O4S. The smallest absolute Gasteiger partial charge is 0.247 e. The second-order valence-corrected chi connectivity index (χ2v) is 11.1. The van der Waals surface area contributed by atoms with Gasteiger partial charge in [0.05, 0.1) is 6.61 Å². The Morgan fingerprint density at radius 1 is 1.14 bits per heavy atom. The molecule has 1 aliphatic heterocycles. The Balaban J connectivity index is 1.72. The molecule has 0 unspecified atom stereocenters. The molecule has 4 rings (SSSR count). The van der Waals surface area contributed by atoms with Gasteiger partial charge in [0.25, 0.3) is 0 Å². The van der Waals surface area contributed by atoms with Gasteiger partial charge in [-0.1, -0.05) is 43.3 Å². The van der Waals surface area contributed by atoms with Crippen molar-refractivity contribution in [3.63, 3.8) is 0 Å². The van der Waals surface area contributed by atoms with Gasteiger partial charge in [0.1, 0.15) is 23.1 Å². The summed E-state index contributed by atoms with van der Waals surface area (Å²) in [6, 6.07) is 14.5. The fourth-order valence-corrected chi connectivity index (χ4v) is 6.17. The molecule has 0 amide bonds. The molecule has 3 aromatic rings. The molecule has 0 saturated carbocycles. The zero-order valence-electron chi connectivity index (χ0n) is 20.3. The van der Waals surface area contributed by atoms with Gasteiger partial charge in [-0.3, -0.25) is 4.90 Å². The number of hydrogen-bond acceptors (Lipinski definition) is 7. The van der Waals surface area contributed by atoms with Crippen molar-refractivity contribution < 1.29 is 18.3 Å². The van der Waals surface area contributed by atoms with Crippen LogP contribution < -0.4 is 4.74 Å². The van der Waals surface area contributed by atoms with Gasteiger partial charge >= 0.3 is 0 Å². The lowest BCUT2D eigenvalue weighted by atomic mass is 10.0. The molecule has 35 heavy (non-hydrogen) atoms. The third kappa shape index (κ3) is 5.70. The Morgan fingerprint density at radius 3 is 2.54 bits per heavy atom. The van der Waals surface area contributed by atoms with E-state index in [0.29, 0.717) is 18.8 Å². The van der Waals surface area contributed by atoms with E-state index >= 15 is 0 Å². The summed E-state index contributed by atoms with van der Waals surface area (Å²) in [5.41, 5.74) is 2.84. The zero-order chi connectivity index (χ0) is 25.0. The monoisotopic (exact) mass is 496 g/mol. The molecular weight excluding hydrogens is 464 g/mol. The Labute approximate surface area is 207 Å². The van der Waals surface area contributed by atoms with E-state index < -0.39 is 16.1 Å². The standard InChI is InChI=1S/C26H32N4O4S/c1-19-14-30(20(2)17-31)35(32,33)26-10-9-23(22-7-5-4-6-8-22)11-24(26)34-25(19)16-29(3)15-21-12-27-18-28-13-21/h4-13,18-20,25,31H,14-17H2,1-3H3/t19-,20+,25+/m0/s1. The average Bonchev–Trinajstić information content (AvgIpc) is 2.86. The highest BCUT2D eigenvalue weighted by Crippen LogP contribution is 2.36. The molecule has 0 bridgehead atoms. The van der Waals surface area contributed by atoms with Crippen LogP contribution in [0.3, 0.4) is 0 Å². The highest BCUT2D eigenvalue weighted by atomic mass is 32.2. The number of benzene rings is 2. The molecule has 8 nitrogen and oxygen atoms in total. The van der Waals surface area contributed by atoms with Crippen LogP contribution in [0.4, 0.5) is 0 Å². The van der Waals surface area contributed by atoms with Gasteiger partial charge in [0.2, 0.25) is 10.0 Å². The summed E-state index contributed by atoms with van der Waals surface area (Å²) < 4.78 is 35.2. The number of rotatable bonds is 7. The molecule has 1 N–H and O–H groups in total. The molecule has 0 saturated heterocycles. The molecule has 3 atom stereocenters. The molecule has 2 heterocycles. The number of ether oxygens (including phenoxy) is 1. The first kappa shape index (κ1) is 25.2. The summed E-state index contributed by atoms with van der Waals surface area (Å²) in [7, 11) is -1.87. The van der Waals surface area contributed by atoms with Gasteiger partial charge < -0.3 is 9.84 Å². The third-order valence-electron chi connectivity index (χ3n) is 6.33. The second kappa shape index (κ2) is 10.8. The molecule has 186 valence electrons. The lowest BCUT2D eigenvalue weighted by Crippen LogP contribution is -2.49. The van der Waals surface area contributed by atoms with Crippen molar-refractivity contribution in [2.24, 2.45) is 5.92 Å². The molecule has 9 heteroatoms. The van der Waals surface area contributed by atoms with Crippen LogP contribution >= 0.6 is 0 Å². The fourth-order valence-electron chi connectivity index (χ4n) is 4.35. The summed E-state index contributed by atoms with van der Waals surface area (Å²) in [4.78, 5) is 10.4. The molecule has 0 fully saturated rings. The number of fused-ring (bicyclic) bond motifs is 1. The quantitative estimate of drug-likeness (QED) is 0.537. The molecule has 1 aliphatic rings. The van der Waals surface area contributed by atoms with Crippen molar-refractivity contribution in [3.05, 3.63) is 72.8 Å². The number of aromatic nitrogens is 2. The van der Waals surface area contributed by atoms with Gasteiger partial charge in [0.15, 0.2) is 0 Å². The fraction of sp³-hybridized carbons (Fsp3) is 0.385. The Hall–Kier alpha value is -2.85. The SMILES string of the molecule is C[C@H](CO)N1C[C@H](C)[C@@H](CN(C)Cc2cncnc2)Oc2cc(-c3ccccc3)ccc2S1(=O)=O. The van der Waals surface area contributed by atoms with Gasteiger partial charge in [-0.05, 0) is 37.2 Å². The summed E-state index contributed by atoms with van der Waals surface area (Å²) in [6.07, 6.45) is 4.79. The highest BCUT2D eigenvalue weighted by molar-refractivity contribution is 7.89. The largest absolute Gasteiger partial charge is 0.487 e. The Morgan fingerprint density at radius 2 is 1.86 bits per heavy atom. The number of aliphatic hydroxyl groups is 1. The van der Waals surface area contributed by atoms with Crippen molar-refractivity contribution >= 4 is 10.0 Å².